The first-order valence-corrected chi connectivity index (χ1v) is 6.55. The molecule has 0 saturated carbocycles. The van der Waals surface area contributed by atoms with Crippen LogP contribution >= 0.6 is 0 Å². The SMILES string of the molecule is CCn1nc([I-]C)cc1C. The maximum absolute atomic E-state index is 4.41. The third kappa shape index (κ3) is 1.51. The van der Waals surface area contributed by atoms with E-state index in [-0.39, 0.29) is 21.2 Å². The first-order valence-electron chi connectivity index (χ1n) is 3.31. The number of halogens is 1. The van der Waals surface area contributed by atoms with Gasteiger partial charge in [-0.1, -0.05) is 0 Å². The van der Waals surface area contributed by atoms with Gasteiger partial charge in [0.25, 0.3) is 0 Å². The number of aromatic nitrogens is 2. The van der Waals surface area contributed by atoms with Crippen LogP contribution in [0.4, 0.5) is 0 Å². The minimum atomic E-state index is 0.175. The average Bonchev–Trinajstić information content (AvgIpc) is 2.30. The Balaban J connectivity index is 2.92. The van der Waals surface area contributed by atoms with Crippen LogP contribution in [0.1, 0.15) is 12.6 Å². The fourth-order valence-corrected chi connectivity index (χ4v) is 2.12. The summed E-state index contributed by atoms with van der Waals surface area (Å²) < 4.78 is 3.36. The summed E-state index contributed by atoms with van der Waals surface area (Å²) in [5.41, 5.74) is 1.29. The Kier molecular flexibility index (Phi) is 2.71. The van der Waals surface area contributed by atoms with Crippen LogP contribution in [0.15, 0.2) is 6.07 Å². The van der Waals surface area contributed by atoms with Gasteiger partial charge in [0.2, 0.25) is 0 Å². The summed E-state index contributed by atoms with van der Waals surface area (Å²) in [5.74, 6) is 0. The number of aryl methyl sites for hydroxylation is 2. The third-order valence-corrected chi connectivity index (χ3v) is 3.08. The predicted octanol–water partition coefficient (Wildman–Crippen LogP) is -1.90. The molecule has 10 heavy (non-hydrogen) atoms. The van der Waals surface area contributed by atoms with Crippen molar-refractivity contribution in [2.45, 2.75) is 20.4 Å². The van der Waals surface area contributed by atoms with Crippen LogP contribution in [0, 0.1) is 10.6 Å². The average molecular weight is 251 g/mol. The molecule has 58 valence electrons. The van der Waals surface area contributed by atoms with Crippen molar-refractivity contribution < 1.29 is 21.2 Å². The van der Waals surface area contributed by atoms with E-state index >= 15 is 0 Å². The molecule has 0 amide bonds. The van der Waals surface area contributed by atoms with Gasteiger partial charge in [0.1, 0.15) is 0 Å². The van der Waals surface area contributed by atoms with Gasteiger partial charge >= 0.3 is 71.8 Å². The van der Waals surface area contributed by atoms with Gasteiger partial charge in [-0.15, -0.1) is 0 Å². The molecule has 1 aromatic heterocycles. The molecule has 0 atom stereocenters. The van der Waals surface area contributed by atoms with E-state index in [9.17, 15) is 0 Å². The molecule has 3 heteroatoms. The van der Waals surface area contributed by atoms with Gasteiger partial charge in [0.15, 0.2) is 0 Å². The second kappa shape index (κ2) is 3.37. The van der Waals surface area contributed by atoms with Gasteiger partial charge < -0.3 is 0 Å². The second-order valence-electron chi connectivity index (χ2n) is 2.11. The monoisotopic (exact) mass is 251 g/mol. The van der Waals surface area contributed by atoms with E-state index in [4.69, 9.17) is 0 Å². The Morgan fingerprint density at radius 3 is 2.70 bits per heavy atom. The molecule has 0 aliphatic carbocycles. The van der Waals surface area contributed by atoms with Gasteiger partial charge in [-0.05, 0) is 0 Å². The van der Waals surface area contributed by atoms with E-state index in [2.05, 4.69) is 34.6 Å². The Morgan fingerprint density at radius 1 is 1.70 bits per heavy atom. The summed E-state index contributed by atoms with van der Waals surface area (Å²) in [6, 6.07) is 2.19. The molecule has 0 N–H and O–H groups in total. The van der Waals surface area contributed by atoms with Gasteiger partial charge in [0.05, 0.1) is 0 Å². The van der Waals surface area contributed by atoms with Gasteiger partial charge in [-0.3, -0.25) is 0 Å². The Labute approximate surface area is 71.9 Å². The zero-order valence-corrected chi connectivity index (χ0v) is 8.71. The molecule has 0 aliphatic rings. The normalized spacial score (nSPS) is 10.7. The van der Waals surface area contributed by atoms with Crippen molar-refractivity contribution in [3.05, 3.63) is 15.5 Å². The summed E-state index contributed by atoms with van der Waals surface area (Å²) >= 11 is 0.175. The van der Waals surface area contributed by atoms with E-state index in [1.165, 1.54) is 9.39 Å². The molecule has 1 rings (SSSR count). The summed E-state index contributed by atoms with van der Waals surface area (Å²) in [6.45, 7) is 5.23. The van der Waals surface area contributed by atoms with Gasteiger partial charge in [-0.25, -0.2) is 0 Å². The molecule has 1 heterocycles. The molecule has 1 aromatic rings. The Bertz CT molecular complexity index is 217. The molecule has 0 unspecified atom stereocenters. The second-order valence-corrected chi connectivity index (χ2v) is 4.30. The van der Waals surface area contributed by atoms with Crippen LogP contribution < -0.4 is 21.2 Å². The molecule has 0 bridgehead atoms. The summed E-state index contributed by atoms with van der Waals surface area (Å²) in [5, 5.41) is 4.41. The van der Waals surface area contributed by atoms with Crippen LogP contribution in [0.5, 0.6) is 0 Å². The van der Waals surface area contributed by atoms with E-state index < -0.39 is 0 Å². The van der Waals surface area contributed by atoms with Crippen LogP contribution in [0.3, 0.4) is 0 Å². The zero-order chi connectivity index (χ0) is 7.56. The van der Waals surface area contributed by atoms with Crippen molar-refractivity contribution >= 4 is 0 Å². The van der Waals surface area contributed by atoms with Gasteiger partial charge in [-0.2, -0.15) is 0 Å². The van der Waals surface area contributed by atoms with Crippen LogP contribution in [0.25, 0.3) is 0 Å². The first kappa shape index (κ1) is 8.04. The number of alkyl halides is 1. The van der Waals surface area contributed by atoms with Crippen LogP contribution in [-0.2, 0) is 6.54 Å². The third-order valence-electron chi connectivity index (χ3n) is 1.44. The fourth-order valence-electron chi connectivity index (χ4n) is 0.882. The maximum atomic E-state index is 4.41. The van der Waals surface area contributed by atoms with Crippen LogP contribution in [0.2, 0.25) is 0 Å². The molecular weight excluding hydrogens is 239 g/mol. The minimum absolute atomic E-state index is 0.175. The topological polar surface area (TPSA) is 17.8 Å². The summed E-state index contributed by atoms with van der Waals surface area (Å²) in [4.78, 5) is 2.24. The molecule has 2 nitrogen and oxygen atoms in total. The molecule has 0 radical (unpaired) electrons. The zero-order valence-electron chi connectivity index (χ0n) is 6.56. The molecule has 0 aliphatic heterocycles. The Morgan fingerprint density at radius 2 is 2.40 bits per heavy atom. The summed E-state index contributed by atoms with van der Waals surface area (Å²) in [7, 11) is 0. The number of hydrogen-bond acceptors (Lipinski definition) is 1. The van der Waals surface area contributed by atoms with E-state index in [1.807, 2.05) is 0 Å². The predicted molar refractivity (Wildman–Crippen MR) is 37.3 cm³/mol. The van der Waals surface area contributed by atoms with Crippen LogP contribution in [-0.4, -0.2) is 14.7 Å². The van der Waals surface area contributed by atoms with E-state index in [1.54, 1.807) is 0 Å². The molecule has 0 fully saturated rings. The fraction of sp³-hybridized carbons (Fsp3) is 0.571. The molecule has 0 saturated heterocycles. The molecular formula is C7H12IN2-. The first-order chi connectivity index (χ1) is 4.77. The van der Waals surface area contributed by atoms with Crippen molar-refractivity contribution in [1.82, 2.24) is 9.78 Å². The summed E-state index contributed by atoms with van der Waals surface area (Å²) in [6.07, 6.45) is 0. The number of hydrogen-bond donors (Lipinski definition) is 0. The van der Waals surface area contributed by atoms with Crippen molar-refractivity contribution in [3.8, 4) is 0 Å². The van der Waals surface area contributed by atoms with Crippen molar-refractivity contribution in [2.75, 3.05) is 4.93 Å². The number of rotatable bonds is 2. The quantitative estimate of drug-likeness (QED) is 0.443. The Hall–Kier alpha value is -0.0600. The number of nitrogens with zero attached hydrogens (tertiary/aromatic N) is 2. The molecule has 0 aromatic carbocycles. The van der Waals surface area contributed by atoms with E-state index in [0.29, 0.717) is 0 Å². The standard InChI is InChI=1S/C7H12IN2/c1-4-10-6(2)5-7(8-3)9-10/h5H,4H2,1-3H3/q-1. The van der Waals surface area contributed by atoms with Gasteiger partial charge in [0, 0.05) is 0 Å². The van der Waals surface area contributed by atoms with Crippen molar-refractivity contribution in [3.63, 3.8) is 0 Å². The van der Waals surface area contributed by atoms with E-state index in [0.717, 1.165) is 6.54 Å². The molecule has 0 spiro atoms. The van der Waals surface area contributed by atoms with Crippen molar-refractivity contribution in [2.24, 2.45) is 0 Å². The van der Waals surface area contributed by atoms with Crippen molar-refractivity contribution in [1.29, 1.82) is 0 Å².